The standard InChI is InChI=1S/C20H17ClFN3O4S/c21-12-1-4-18-14(8-12)16(5-6-30-18)23-20(27)11-7-19(26)24(10-11)13-2-3-15(22)17(9-13)25(28)29/h1-4,8-9,11,16H,5-7,10H2,(H,23,27). The number of hydrogen-bond acceptors (Lipinski definition) is 5. The van der Waals surface area contributed by atoms with Crippen molar-refractivity contribution < 1.29 is 18.9 Å². The van der Waals surface area contributed by atoms with Gasteiger partial charge in [-0.15, -0.1) is 11.8 Å². The molecule has 2 atom stereocenters. The van der Waals surface area contributed by atoms with Crippen molar-refractivity contribution in [2.45, 2.75) is 23.8 Å². The summed E-state index contributed by atoms with van der Waals surface area (Å²) in [6.07, 6.45) is 0.735. The van der Waals surface area contributed by atoms with Crippen LogP contribution in [0.15, 0.2) is 41.3 Å². The van der Waals surface area contributed by atoms with E-state index in [0.717, 1.165) is 34.8 Å². The Morgan fingerprint density at radius 3 is 2.87 bits per heavy atom. The van der Waals surface area contributed by atoms with E-state index >= 15 is 0 Å². The number of benzene rings is 2. The molecule has 156 valence electrons. The average Bonchev–Trinajstić information content (AvgIpc) is 3.10. The van der Waals surface area contributed by atoms with Crippen molar-refractivity contribution in [3.05, 3.63) is 62.9 Å². The first kappa shape index (κ1) is 20.6. The van der Waals surface area contributed by atoms with Gasteiger partial charge in [0.05, 0.1) is 22.6 Å². The first-order chi connectivity index (χ1) is 14.3. The lowest BCUT2D eigenvalue weighted by Gasteiger charge is -2.27. The fourth-order valence-corrected chi connectivity index (χ4v) is 5.03. The number of rotatable bonds is 4. The summed E-state index contributed by atoms with van der Waals surface area (Å²) >= 11 is 7.82. The summed E-state index contributed by atoms with van der Waals surface area (Å²) in [6, 6.07) is 8.67. The van der Waals surface area contributed by atoms with Crippen LogP contribution in [0.5, 0.6) is 0 Å². The van der Waals surface area contributed by atoms with Crippen LogP contribution < -0.4 is 10.2 Å². The first-order valence-electron chi connectivity index (χ1n) is 9.30. The lowest BCUT2D eigenvalue weighted by molar-refractivity contribution is -0.387. The van der Waals surface area contributed by atoms with Crippen molar-refractivity contribution in [3.63, 3.8) is 0 Å². The van der Waals surface area contributed by atoms with Gasteiger partial charge in [-0.2, -0.15) is 4.39 Å². The maximum Gasteiger partial charge on any atom is 0.306 e. The number of nitro benzene ring substituents is 1. The monoisotopic (exact) mass is 449 g/mol. The lowest BCUT2D eigenvalue weighted by Crippen LogP contribution is -2.36. The molecule has 30 heavy (non-hydrogen) atoms. The molecule has 10 heteroatoms. The van der Waals surface area contributed by atoms with Gasteiger partial charge in [0.2, 0.25) is 17.6 Å². The van der Waals surface area contributed by atoms with Gasteiger partial charge in [-0.05, 0) is 42.3 Å². The molecule has 2 aliphatic heterocycles. The van der Waals surface area contributed by atoms with E-state index in [0.29, 0.717) is 5.02 Å². The smallest absolute Gasteiger partial charge is 0.306 e. The summed E-state index contributed by atoms with van der Waals surface area (Å²) in [5.74, 6) is -1.31. The molecule has 0 bridgehead atoms. The number of carbonyl (C=O) groups excluding carboxylic acids is 2. The Bertz CT molecular complexity index is 1050. The maximum atomic E-state index is 13.6. The molecule has 0 spiro atoms. The molecule has 1 fully saturated rings. The van der Waals surface area contributed by atoms with Crippen molar-refractivity contribution in [2.75, 3.05) is 17.2 Å². The Hall–Kier alpha value is -2.65. The van der Waals surface area contributed by atoms with Gasteiger partial charge in [0.1, 0.15) is 0 Å². The molecule has 1 N–H and O–H groups in total. The quantitative estimate of drug-likeness (QED) is 0.560. The van der Waals surface area contributed by atoms with E-state index in [2.05, 4.69) is 5.32 Å². The summed E-state index contributed by atoms with van der Waals surface area (Å²) < 4.78 is 13.6. The average molecular weight is 450 g/mol. The molecule has 0 radical (unpaired) electrons. The number of anilines is 1. The van der Waals surface area contributed by atoms with Gasteiger partial charge in [-0.1, -0.05) is 11.6 Å². The zero-order valence-electron chi connectivity index (χ0n) is 15.6. The topological polar surface area (TPSA) is 92.6 Å². The largest absolute Gasteiger partial charge is 0.349 e. The highest BCUT2D eigenvalue weighted by Crippen LogP contribution is 2.38. The minimum absolute atomic E-state index is 0.0130. The molecule has 0 aromatic heterocycles. The van der Waals surface area contributed by atoms with Crippen molar-refractivity contribution in [2.24, 2.45) is 5.92 Å². The van der Waals surface area contributed by atoms with Gasteiger partial charge in [0.25, 0.3) is 0 Å². The second-order valence-electron chi connectivity index (χ2n) is 7.18. The van der Waals surface area contributed by atoms with E-state index in [9.17, 15) is 24.1 Å². The van der Waals surface area contributed by atoms with E-state index in [1.165, 1.54) is 11.0 Å². The van der Waals surface area contributed by atoms with Crippen LogP contribution in [0.4, 0.5) is 15.8 Å². The highest BCUT2D eigenvalue weighted by molar-refractivity contribution is 7.99. The highest BCUT2D eigenvalue weighted by Gasteiger charge is 2.37. The van der Waals surface area contributed by atoms with Crippen LogP contribution in [0.1, 0.15) is 24.4 Å². The number of carbonyl (C=O) groups is 2. The number of nitrogens with one attached hydrogen (secondary N) is 1. The van der Waals surface area contributed by atoms with Crippen LogP contribution in [-0.4, -0.2) is 29.0 Å². The van der Waals surface area contributed by atoms with E-state index in [1.807, 2.05) is 18.2 Å². The molecular weight excluding hydrogens is 433 g/mol. The Labute approximate surface area is 180 Å². The molecule has 7 nitrogen and oxygen atoms in total. The number of amides is 2. The van der Waals surface area contributed by atoms with E-state index < -0.39 is 22.3 Å². The zero-order valence-corrected chi connectivity index (χ0v) is 17.2. The van der Waals surface area contributed by atoms with Gasteiger partial charge in [0.15, 0.2) is 0 Å². The van der Waals surface area contributed by atoms with Gasteiger partial charge >= 0.3 is 5.69 Å². The number of thioether (sulfide) groups is 1. The highest BCUT2D eigenvalue weighted by atomic mass is 35.5. The van der Waals surface area contributed by atoms with Gasteiger partial charge in [-0.3, -0.25) is 19.7 Å². The predicted octanol–water partition coefficient (Wildman–Crippen LogP) is 4.09. The van der Waals surface area contributed by atoms with Crippen molar-refractivity contribution in [1.82, 2.24) is 5.32 Å². The fourth-order valence-electron chi connectivity index (χ4n) is 3.75. The molecule has 2 amide bonds. The van der Waals surface area contributed by atoms with Crippen molar-refractivity contribution in [1.29, 1.82) is 0 Å². The first-order valence-corrected chi connectivity index (χ1v) is 10.7. The van der Waals surface area contributed by atoms with Crippen LogP contribution in [0.25, 0.3) is 0 Å². The number of nitrogens with zero attached hydrogens (tertiary/aromatic N) is 2. The van der Waals surface area contributed by atoms with E-state index in [-0.39, 0.29) is 36.5 Å². The minimum Gasteiger partial charge on any atom is -0.349 e. The van der Waals surface area contributed by atoms with Crippen molar-refractivity contribution in [3.8, 4) is 0 Å². The zero-order chi connectivity index (χ0) is 21.4. The lowest BCUT2D eigenvalue weighted by atomic mass is 10.0. The van der Waals surface area contributed by atoms with Crippen LogP contribution in [0, 0.1) is 21.8 Å². The molecule has 0 saturated carbocycles. The molecule has 2 aromatic rings. The summed E-state index contributed by atoms with van der Waals surface area (Å²) in [7, 11) is 0. The number of halogens is 2. The number of hydrogen-bond donors (Lipinski definition) is 1. The molecular formula is C20H17ClFN3O4S. The minimum atomic E-state index is -0.975. The van der Waals surface area contributed by atoms with Crippen molar-refractivity contribution >= 4 is 46.6 Å². The molecule has 1 saturated heterocycles. The third-order valence-corrected chi connectivity index (χ3v) is 6.62. The second-order valence-corrected chi connectivity index (χ2v) is 8.75. The van der Waals surface area contributed by atoms with E-state index in [1.54, 1.807) is 11.8 Å². The van der Waals surface area contributed by atoms with Gasteiger partial charge in [-0.25, -0.2) is 0 Å². The SMILES string of the molecule is O=C(NC1CCSc2ccc(Cl)cc21)C1CC(=O)N(c2ccc(F)c([N+](=O)[O-])c2)C1. The Kier molecular flexibility index (Phi) is 5.66. The molecule has 2 aliphatic rings. The van der Waals surface area contributed by atoms with Gasteiger partial charge in [0, 0.05) is 34.7 Å². The molecule has 4 rings (SSSR count). The molecule has 0 aliphatic carbocycles. The predicted molar refractivity (Wildman–Crippen MR) is 111 cm³/mol. The Balaban J connectivity index is 1.49. The van der Waals surface area contributed by atoms with Crippen LogP contribution in [0.2, 0.25) is 5.02 Å². The normalized spacial score (nSPS) is 20.7. The maximum absolute atomic E-state index is 13.6. The van der Waals surface area contributed by atoms with Crippen LogP contribution in [0.3, 0.4) is 0 Å². The number of fused-ring (bicyclic) bond motifs is 1. The summed E-state index contributed by atoms with van der Waals surface area (Å²) in [4.78, 5) is 37.8. The molecule has 2 heterocycles. The summed E-state index contributed by atoms with van der Waals surface area (Å²) in [6.45, 7) is 0.0807. The summed E-state index contributed by atoms with van der Waals surface area (Å²) in [5, 5.41) is 14.6. The van der Waals surface area contributed by atoms with Crippen LogP contribution >= 0.6 is 23.4 Å². The fraction of sp³-hybridized carbons (Fsp3) is 0.300. The van der Waals surface area contributed by atoms with Gasteiger partial charge < -0.3 is 10.2 Å². The van der Waals surface area contributed by atoms with E-state index in [4.69, 9.17) is 11.6 Å². The third-order valence-electron chi connectivity index (χ3n) is 5.26. The summed E-state index contributed by atoms with van der Waals surface area (Å²) in [5.41, 5.74) is 0.457. The van der Waals surface area contributed by atoms with Crippen LogP contribution in [-0.2, 0) is 9.59 Å². The Morgan fingerprint density at radius 2 is 2.10 bits per heavy atom. The second kappa shape index (κ2) is 8.23. The third kappa shape index (κ3) is 3.99. The molecule has 2 unspecified atom stereocenters. The molecule has 2 aromatic carbocycles. The number of nitro groups is 1. The Morgan fingerprint density at radius 1 is 1.30 bits per heavy atom.